The molecule has 0 saturated heterocycles. The largest absolute Gasteiger partial charge is 0.478 e. The molecule has 1 amide bonds. The monoisotopic (exact) mass is 354 g/mol. The van der Waals surface area contributed by atoms with Crippen LogP contribution in [0, 0.1) is 22.2 Å². The summed E-state index contributed by atoms with van der Waals surface area (Å²) in [5.41, 5.74) is 4.09. The normalized spacial score (nSPS) is 37.8. The lowest BCUT2D eigenvalue weighted by Crippen LogP contribution is -2.59. The molecule has 4 aliphatic carbocycles. The number of carboxylic acids is 1. The van der Waals surface area contributed by atoms with Gasteiger partial charge in [-0.1, -0.05) is 26.0 Å². The number of rotatable bonds is 4. The van der Waals surface area contributed by atoms with Crippen molar-refractivity contribution >= 4 is 18.1 Å². The Bertz CT molecular complexity index is 765. The number of carboxylic acid groups (broad SMARTS) is 1. The second-order valence-corrected chi connectivity index (χ2v) is 9.54. The SMILES string of the molecule is CC12CC3CC(C)(C1)CC(C(=O)N/N=C/c1ccc(C(=O)O)cc1)(C3)C2. The fourth-order valence-corrected chi connectivity index (χ4v) is 6.70. The van der Waals surface area contributed by atoms with Crippen LogP contribution in [0.2, 0.25) is 0 Å². The highest BCUT2D eigenvalue weighted by atomic mass is 16.4. The second-order valence-electron chi connectivity index (χ2n) is 9.54. The Labute approximate surface area is 153 Å². The predicted octanol–water partition coefficient (Wildman–Crippen LogP) is 3.83. The molecule has 0 aliphatic heterocycles. The van der Waals surface area contributed by atoms with Crippen molar-refractivity contribution in [1.82, 2.24) is 5.43 Å². The van der Waals surface area contributed by atoms with Crippen molar-refractivity contribution in [2.75, 3.05) is 0 Å². The molecule has 2 N–H and O–H groups in total. The molecule has 4 bridgehead atoms. The van der Waals surface area contributed by atoms with Gasteiger partial charge in [0.2, 0.25) is 5.91 Å². The molecule has 2 unspecified atom stereocenters. The van der Waals surface area contributed by atoms with Crippen LogP contribution < -0.4 is 5.43 Å². The molecule has 0 heterocycles. The lowest BCUT2D eigenvalue weighted by atomic mass is 9.40. The summed E-state index contributed by atoms with van der Waals surface area (Å²) in [6.45, 7) is 4.70. The van der Waals surface area contributed by atoms with Crippen molar-refractivity contribution in [2.24, 2.45) is 27.3 Å². The van der Waals surface area contributed by atoms with Crippen molar-refractivity contribution in [3.05, 3.63) is 35.4 Å². The molecule has 5 nitrogen and oxygen atoms in total. The van der Waals surface area contributed by atoms with Crippen LogP contribution in [-0.2, 0) is 4.79 Å². The summed E-state index contributed by atoms with van der Waals surface area (Å²) in [6.07, 6.45) is 8.28. The van der Waals surface area contributed by atoms with Gasteiger partial charge in [-0.05, 0) is 73.0 Å². The molecule has 4 fully saturated rings. The molecule has 4 saturated carbocycles. The van der Waals surface area contributed by atoms with E-state index in [0.29, 0.717) is 16.7 Å². The zero-order valence-corrected chi connectivity index (χ0v) is 15.4. The molecular weight excluding hydrogens is 328 g/mol. The molecule has 1 aromatic rings. The highest BCUT2D eigenvalue weighted by Gasteiger charge is 2.62. The van der Waals surface area contributed by atoms with Crippen LogP contribution in [0.4, 0.5) is 0 Å². The maximum absolute atomic E-state index is 13.0. The molecule has 0 aromatic heterocycles. The summed E-state index contributed by atoms with van der Waals surface area (Å²) in [6, 6.07) is 6.44. The van der Waals surface area contributed by atoms with E-state index in [-0.39, 0.29) is 16.9 Å². The van der Waals surface area contributed by atoms with Gasteiger partial charge in [-0.3, -0.25) is 4.79 Å². The average Bonchev–Trinajstić information content (AvgIpc) is 2.51. The molecule has 1 aromatic carbocycles. The first-order chi connectivity index (χ1) is 12.2. The number of hydrogen-bond acceptors (Lipinski definition) is 3. The highest BCUT2D eigenvalue weighted by Crippen LogP contribution is 2.69. The van der Waals surface area contributed by atoms with Crippen LogP contribution >= 0.6 is 0 Å². The molecule has 2 atom stereocenters. The van der Waals surface area contributed by atoms with Gasteiger partial charge in [-0.2, -0.15) is 5.10 Å². The Morgan fingerprint density at radius 3 is 2.23 bits per heavy atom. The molecule has 5 heteroatoms. The molecule has 26 heavy (non-hydrogen) atoms. The minimum absolute atomic E-state index is 0.0532. The Morgan fingerprint density at radius 1 is 1.08 bits per heavy atom. The third kappa shape index (κ3) is 2.93. The van der Waals surface area contributed by atoms with Crippen molar-refractivity contribution in [1.29, 1.82) is 0 Å². The van der Waals surface area contributed by atoms with Crippen molar-refractivity contribution < 1.29 is 14.7 Å². The fraction of sp³-hybridized carbons (Fsp3) is 0.571. The van der Waals surface area contributed by atoms with Crippen molar-refractivity contribution in [2.45, 2.75) is 52.4 Å². The second kappa shape index (κ2) is 5.66. The average molecular weight is 354 g/mol. The lowest BCUT2D eigenvalue weighted by molar-refractivity contribution is -0.170. The zero-order valence-electron chi connectivity index (χ0n) is 15.4. The van der Waals surface area contributed by atoms with Gasteiger partial charge < -0.3 is 5.11 Å². The van der Waals surface area contributed by atoms with Gasteiger partial charge in [0.15, 0.2) is 0 Å². The molecule has 138 valence electrons. The quantitative estimate of drug-likeness (QED) is 0.637. The minimum Gasteiger partial charge on any atom is -0.478 e. The Morgan fingerprint density at radius 2 is 1.69 bits per heavy atom. The number of carbonyl (C=O) groups excluding carboxylic acids is 1. The molecule has 0 radical (unpaired) electrons. The van der Waals surface area contributed by atoms with E-state index in [2.05, 4.69) is 24.4 Å². The first kappa shape index (κ1) is 17.3. The van der Waals surface area contributed by atoms with Gasteiger partial charge in [-0.25, -0.2) is 10.2 Å². The van der Waals surface area contributed by atoms with Gasteiger partial charge in [0.1, 0.15) is 0 Å². The summed E-state index contributed by atoms with van der Waals surface area (Å²) < 4.78 is 0. The summed E-state index contributed by atoms with van der Waals surface area (Å²) in [7, 11) is 0. The maximum Gasteiger partial charge on any atom is 0.335 e. The topological polar surface area (TPSA) is 78.8 Å². The van der Waals surface area contributed by atoms with Crippen LogP contribution in [0.5, 0.6) is 0 Å². The number of hydrogen-bond donors (Lipinski definition) is 2. The zero-order chi connectivity index (χ0) is 18.6. The van der Waals surface area contributed by atoms with E-state index < -0.39 is 5.97 Å². The summed E-state index contributed by atoms with van der Waals surface area (Å²) in [4.78, 5) is 23.9. The third-order valence-electron chi connectivity index (χ3n) is 6.65. The highest BCUT2D eigenvalue weighted by molar-refractivity contribution is 5.90. The van der Waals surface area contributed by atoms with E-state index in [1.54, 1.807) is 18.3 Å². The Kier molecular flexibility index (Phi) is 3.76. The molecule has 5 rings (SSSR count). The first-order valence-corrected chi connectivity index (χ1v) is 9.38. The van der Waals surface area contributed by atoms with Gasteiger partial charge in [-0.15, -0.1) is 0 Å². The standard InChI is InChI=1S/C21H26N2O3/c1-19-7-15-8-20(2,11-19)13-21(9-15,12-19)18(26)23-22-10-14-3-5-16(6-4-14)17(24)25/h3-6,10,15H,7-9,11-13H2,1-2H3,(H,23,26)(H,24,25)/b22-10+. The lowest BCUT2D eigenvalue weighted by Gasteiger charge is -2.64. The van der Waals surface area contributed by atoms with E-state index in [4.69, 9.17) is 5.11 Å². The van der Waals surface area contributed by atoms with Gasteiger partial charge >= 0.3 is 5.97 Å². The van der Waals surface area contributed by atoms with Crippen molar-refractivity contribution in [3.8, 4) is 0 Å². The van der Waals surface area contributed by atoms with Crippen molar-refractivity contribution in [3.63, 3.8) is 0 Å². The Hall–Kier alpha value is -2.17. The first-order valence-electron chi connectivity index (χ1n) is 9.38. The predicted molar refractivity (Wildman–Crippen MR) is 99.0 cm³/mol. The summed E-state index contributed by atoms with van der Waals surface area (Å²) >= 11 is 0. The number of nitrogens with one attached hydrogen (secondary N) is 1. The van der Waals surface area contributed by atoms with E-state index >= 15 is 0 Å². The number of nitrogens with zero attached hydrogens (tertiary/aromatic N) is 1. The van der Waals surface area contributed by atoms with Gasteiger partial charge in [0.25, 0.3) is 0 Å². The van der Waals surface area contributed by atoms with Crippen LogP contribution in [0.15, 0.2) is 29.4 Å². The number of carbonyl (C=O) groups is 2. The smallest absolute Gasteiger partial charge is 0.335 e. The maximum atomic E-state index is 13.0. The van der Waals surface area contributed by atoms with E-state index in [1.165, 1.54) is 31.4 Å². The number of aromatic carboxylic acids is 1. The minimum atomic E-state index is -0.953. The van der Waals surface area contributed by atoms with Crippen LogP contribution in [-0.4, -0.2) is 23.2 Å². The van der Waals surface area contributed by atoms with Crippen LogP contribution in [0.25, 0.3) is 0 Å². The van der Waals surface area contributed by atoms with E-state index in [0.717, 1.165) is 24.8 Å². The number of amides is 1. The van der Waals surface area contributed by atoms with Gasteiger partial charge in [0.05, 0.1) is 17.2 Å². The molecular formula is C21H26N2O3. The number of benzene rings is 1. The molecule has 4 aliphatic rings. The number of hydrazone groups is 1. The summed E-state index contributed by atoms with van der Waals surface area (Å²) in [5.74, 6) is -0.234. The van der Waals surface area contributed by atoms with Crippen LogP contribution in [0.3, 0.4) is 0 Å². The van der Waals surface area contributed by atoms with E-state index in [1.807, 2.05) is 0 Å². The summed E-state index contributed by atoms with van der Waals surface area (Å²) in [5, 5.41) is 13.1. The molecule has 0 spiro atoms. The van der Waals surface area contributed by atoms with Crippen LogP contribution in [0.1, 0.15) is 68.3 Å². The fourth-order valence-electron chi connectivity index (χ4n) is 6.70. The third-order valence-corrected chi connectivity index (χ3v) is 6.65. The van der Waals surface area contributed by atoms with E-state index in [9.17, 15) is 9.59 Å². The Balaban J connectivity index is 1.46. The van der Waals surface area contributed by atoms with Gasteiger partial charge in [0, 0.05) is 0 Å².